The van der Waals surface area contributed by atoms with Crippen molar-refractivity contribution < 1.29 is 9.21 Å². The van der Waals surface area contributed by atoms with E-state index in [1.807, 2.05) is 6.92 Å². The monoisotopic (exact) mass is 214 g/mol. The van der Waals surface area contributed by atoms with E-state index < -0.39 is 6.04 Å². The Labute approximate surface area is 86.6 Å². The minimum atomic E-state index is -0.425. The molecule has 5 heteroatoms. The average Bonchev–Trinajstić information content (AvgIpc) is 2.56. The third-order valence-electron chi connectivity index (χ3n) is 2.17. The molecule has 0 aliphatic carbocycles. The summed E-state index contributed by atoms with van der Waals surface area (Å²) in [4.78, 5) is 11.5. The summed E-state index contributed by atoms with van der Waals surface area (Å²) in [6.45, 7) is 2.64. The molecule has 1 aromatic heterocycles. The standard InChI is InChI=1S/C9H11ClN2O2/c1-5-4-11-9(13)8(12-5)6-2-3-7(10)14-6/h2-3,5,8,12H,4H2,1H3,(H,11,13). The number of amides is 1. The first-order valence-electron chi connectivity index (χ1n) is 4.46. The van der Waals surface area contributed by atoms with E-state index in [0.29, 0.717) is 17.5 Å². The number of hydrogen-bond acceptors (Lipinski definition) is 3. The molecule has 14 heavy (non-hydrogen) atoms. The van der Waals surface area contributed by atoms with Crippen LogP contribution in [0.5, 0.6) is 0 Å². The van der Waals surface area contributed by atoms with Crippen molar-refractivity contribution in [3.63, 3.8) is 0 Å². The van der Waals surface area contributed by atoms with Gasteiger partial charge in [0.1, 0.15) is 11.8 Å². The molecule has 1 amide bonds. The molecule has 1 aliphatic rings. The second-order valence-electron chi connectivity index (χ2n) is 3.39. The van der Waals surface area contributed by atoms with Crippen molar-refractivity contribution in [2.24, 2.45) is 0 Å². The van der Waals surface area contributed by atoms with Crippen molar-refractivity contribution in [1.29, 1.82) is 0 Å². The SMILES string of the molecule is CC1CNC(=O)C(c2ccc(Cl)o2)N1. The van der Waals surface area contributed by atoms with Gasteiger partial charge in [0, 0.05) is 12.6 Å². The zero-order valence-corrected chi connectivity index (χ0v) is 8.47. The largest absolute Gasteiger partial charge is 0.447 e. The third kappa shape index (κ3) is 1.76. The van der Waals surface area contributed by atoms with E-state index in [0.717, 1.165) is 0 Å². The zero-order chi connectivity index (χ0) is 10.1. The molecule has 2 heterocycles. The highest BCUT2D eigenvalue weighted by Crippen LogP contribution is 2.21. The van der Waals surface area contributed by atoms with Crippen LogP contribution < -0.4 is 10.6 Å². The highest BCUT2D eigenvalue weighted by molar-refractivity contribution is 6.28. The Morgan fingerprint density at radius 2 is 2.36 bits per heavy atom. The summed E-state index contributed by atoms with van der Waals surface area (Å²) in [7, 11) is 0. The van der Waals surface area contributed by atoms with Gasteiger partial charge in [-0.05, 0) is 30.7 Å². The van der Waals surface area contributed by atoms with Crippen LogP contribution in [-0.2, 0) is 4.79 Å². The molecule has 0 radical (unpaired) electrons. The first kappa shape index (κ1) is 9.55. The van der Waals surface area contributed by atoms with Gasteiger partial charge in [-0.1, -0.05) is 0 Å². The number of rotatable bonds is 1. The molecule has 2 atom stereocenters. The minimum Gasteiger partial charge on any atom is -0.447 e. The van der Waals surface area contributed by atoms with Crippen molar-refractivity contribution in [3.8, 4) is 0 Å². The number of hydrogen-bond donors (Lipinski definition) is 2. The molecule has 0 bridgehead atoms. The molecule has 76 valence electrons. The van der Waals surface area contributed by atoms with Crippen LogP contribution in [-0.4, -0.2) is 18.5 Å². The number of nitrogens with one attached hydrogen (secondary N) is 2. The van der Waals surface area contributed by atoms with Gasteiger partial charge in [0.05, 0.1) is 0 Å². The van der Waals surface area contributed by atoms with Gasteiger partial charge < -0.3 is 9.73 Å². The fourth-order valence-corrected chi connectivity index (χ4v) is 1.62. The molecule has 2 unspecified atom stereocenters. The molecule has 0 saturated carbocycles. The quantitative estimate of drug-likeness (QED) is 0.736. The van der Waals surface area contributed by atoms with Gasteiger partial charge in [-0.25, -0.2) is 0 Å². The molecule has 1 aliphatic heterocycles. The second-order valence-corrected chi connectivity index (χ2v) is 3.76. The lowest BCUT2D eigenvalue weighted by atomic mass is 10.1. The summed E-state index contributed by atoms with van der Waals surface area (Å²) in [5.41, 5.74) is 0. The van der Waals surface area contributed by atoms with Gasteiger partial charge >= 0.3 is 0 Å². The molecule has 1 aromatic rings. The molecular weight excluding hydrogens is 204 g/mol. The zero-order valence-electron chi connectivity index (χ0n) is 7.71. The van der Waals surface area contributed by atoms with Gasteiger partial charge in [0.2, 0.25) is 5.91 Å². The fraction of sp³-hybridized carbons (Fsp3) is 0.444. The maximum absolute atomic E-state index is 11.5. The molecule has 0 spiro atoms. The number of carbonyl (C=O) groups is 1. The van der Waals surface area contributed by atoms with Crippen LogP contribution in [0.4, 0.5) is 0 Å². The van der Waals surface area contributed by atoms with Crippen LogP contribution in [0.1, 0.15) is 18.7 Å². The minimum absolute atomic E-state index is 0.0749. The van der Waals surface area contributed by atoms with Crippen molar-refractivity contribution in [2.45, 2.75) is 19.0 Å². The Morgan fingerprint density at radius 1 is 1.57 bits per heavy atom. The Balaban J connectivity index is 2.19. The molecule has 4 nitrogen and oxygen atoms in total. The number of furan rings is 1. The Hall–Kier alpha value is -1.00. The van der Waals surface area contributed by atoms with Crippen molar-refractivity contribution in [2.75, 3.05) is 6.54 Å². The molecule has 1 saturated heterocycles. The highest BCUT2D eigenvalue weighted by atomic mass is 35.5. The van der Waals surface area contributed by atoms with Crippen LogP contribution in [0, 0.1) is 0 Å². The lowest BCUT2D eigenvalue weighted by Crippen LogP contribution is -2.52. The van der Waals surface area contributed by atoms with E-state index in [2.05, 4.69) is 10.6 Å². The first-order valence-corrected chi connectivity index (χ1v) is 4.83. The predicted molar refractivity (Wildman–Crippen MR) is 52.1 cm³/mol. The normalized spacial score (nSPS) is 27.4. The van der Waals surface area contributed by atoms with E-state index in [1.54, 1.807) is 12.1 Å². The van der Waals surface area contributed by atoms with Gasteiger partial charge in [-0.15, -0.1) is 0 Å². The summed E-state index contributed by atoms with van der Waals surface area (Å²) in [6, 6.07) is 3.15. The maximum atomic E-state index is 11.5. The van der Waals surface area contributed by atoms with Crippen molar-refractivity contribution in [3.05, 3.63) is 23.1 Å². The van der Waals surface area contributed by atoms with E-state index >= 15 is 0 Å². The van der Waals surface area contributed by atoms with Crippen LogP contribution in [0.2, 0.25) is 5.22 Å². The molecule has 0 aromatic carbocycles. The number of halogens is 1. The third-order valence-corrected chi connectivity index (χ3v) is 2.38. The Morgan fingerprint density at radius 3 is 3.00 bits per heavy atom. The van der Waals surface area contributed by atoms with E-state index in [-0.39, 0.29) is 11.9 Å². The van der Waals surface area contributed by atoms with Crippen molar-refractivity contribution >= 4 is 17.5 Å². The summed E-state index contributed by atoms with van der Waals surface area (Å²) in [6.07, 6.45) is 0. The summed E-state index contributed by atoms with van der Waals surface area (Å²) < 4.78 is 5.18. The number of piperazine rings is 1. The van der Waals surface area contributed by atoms with Gasteiger partial charge in [-0.3, -0.25) is 10.1 Å². The highest BCUT2D eigenvalue weighted by Gasteiger charge is 2.29. The second kappa shape index (κ2) is 3.63. The molecule has 2 N–H and O–H groups in total. The summed E-state index contributed by atoms with van der Waals surface area (Å²) >= 11 is 5.64. The fourth-order valence-electron chi connectivity index (χ4n) is 1.47. The van der Waals surface area contributed by atoms with Crippen LogP contribution >= 0.6 is 11.6 Å². The van der Waals surface area contributed by atoms with Gasteiger partial charge in [-0.2, -0.15) is 0 Å². The Bertz CT molecular complexity index is 350. The number of carbonyl (C=O) groups excluding carboxylic acids is 1. The molecule has 2 rings (SSSR count). The lowest BCUT2D eigenvalue weighted by Gasteiger charge is -2.27. The van der Waals surface area contributed by atoms with E-state index in [4.69, 9.17) is 16.0 Å². The Kier molecular flexibility index (Phi) is 2.48. The summed E-state index contributed by atoms with van der Waals surface area (Å²) in [5.74, 6) is 0.480. The van der Waals surface area contributed by atoms with E-state index in [9.17, 15) is 4.79 Å². The van der Waals surface area contributed by atoms with Gasteiger partial charge in [0.25, 0.3) is 0 Å². The molecular formula is C9H11ClN2O2. The van der Waals surface area contributed by atoms with Crippen LogP contribution in [0.15, 0.2) is 16.5 Å². The lowest BCUT2D eigenvalue weighted by molar-refractivity contribution is -0.125. The van der Waals surface area contributed by atoms with E-state index in [1.165, 1.54) is 0 Å². The van der Waals surface area contributed by atoms with Crippen molar-refractivity contribution in [1.82, 2.24) is 10.6 Å². The smallest absolute Gasteiger partial charge is 0.245 e. The topological polar surface area (TPSA) is 54.3 Å². The average molecular weight is 215 g/mol. The molecule has 1 fully saturated rings. The first-order chi connectivity index (χ1) is 6.66. The van der Waals surface area contributed by atoms with Crippen LogP contribution in [0.25, 0.3) is 0 Å². The maximum Gasteiger partial charge on any atom is 0.245 e. The summed E-state index contributed by atoms with van der Waals surface area (Å²) in [5, 5.41) is 6.22. The predicted octanol–water partition coefficient (Wildman–Crippen LogP) is 1.08. The van der Waals surface area contributed by atoms with Gasteiger partial charge in [0.15, 0.2) is 5.22 Å². The van der Waals surface area contributed by atoms with Crippen LogP contribution in [0.3, 0.4) is 0 Å².